The Labute approximate surface area is 286 Å². The summed E-state index contributed by atoms with van der Waals surface area (Å²) in [5, 5.41) is 9.65. The van der Waals surface area contributed by atoms with Gasteiger partial charge in [0.2, 0.25) is 0 Å². The Kier molecular flexibility index (Phi) is 32.7. The smallest absolute Gasteiger partial charge is 0.305 e. The van der Waals surface area contributed by atoms with Gasteiger partial charge >= 0.3 is 5.97 Å². The van der Waals surface area contributed by atoms with Gasteiger partial charge < -0.3 is 14.6 Å². The lowest BCUT2D eigenvalue weighted by molar-refractivity contribution is -0.145. The van der Waals surface area contributed by atoms with E-state index in [-0.39, 0.29) is 18.4 Å². The monoisotopic (exact) mass is 651 g/mol. The van der Waals surface area contributed by atoms with Gasteiger partial charge in [0.1, 0.15) is 5.78 Å². The van der Waals surface area contributed by atoms with Gasteiger partial charge in [-0.05, 0) is 78.3 Å². The molecule has 0 aromatic carbocycles. The summed E-state index contributed by atoms with van der Waals surface area (Å²) in [6.07, 6.45) is 27.8. The van der Waals surface area contributed by atoms with Crippen LogP contribution in [0.3, 0.4) is 0 Å². The van der Waals surface area contributed by atoms with Crippen molar-refractivity contribution in [1.29, 1.82) is 0 Å². The van der Waals surface area contributed by atoms with E-state index in [2.05, 4.69) is 43.6 Å². The van der Waals surface area contributed by atoms with Gasteiger partial charge in [-0.3, -0.25) is 14.6 Å². The first kappa shape index (κ1) is 44.8. The molecule has 0 unspecified atom stereocenters. The Morgan fingerprint density at radius 3 is 1.65 bits per heavy atom. The lowest BCUT2D eigenvalue weighted by atomic mass is 9.94. The largest absolute Gasteiger partial charge is 0.465 e. The molecule has 0 bridgehead atoms. The van der Waals surface area contributed by atoms with E-state index in [1.807, 2.05) is 0 Å². The number of nitrogens with zero attached hydrogens (tertiary/aromatic N) is 2. The van der Waals surface area contributed by atoms with Crippen molar-refractivity contribution in [1.82, 2.24) is 9.80 Å². The average Bonchev–Trinajstić information content (AvgIpc) is 3.02. The number of esters is 1. The van der Waals surface area contributed by atoms with Crippen molar-refractivity contribution in [2.45, 2.75) is 176 Å². The van der Waals surface area contributed by atoms with Crippen molar-refractivity contribution in [3.8, 4) is 0 Å². The molecule has 0 aliphatic rings. The van der Waals surface area contributed by atoms with Gasteiger partial charge in [-0.2, -0.15) is 0 Å². The van der Waals surface area contributed by atoms with Crippen molar-refractivity contribution in [2.24, 2.45) is 5.92 Å². The van der Waals surface area contributed by atoms with Crippen LogP contribution in [0.2, 0.25) is 0 Å². The normalized spacial score (nSPS) is 11.6. The molecule has 0 fully saturated rings. The Morgan fingerprint density at radius 1 is 0.609 bits per heavy atom. The fourth-order valence-electron chi connectivity index (χ4n) is 6.05. The third-order valence-electron chi connectivity index (χ3n) is 9.18. The number of ether oxygens (including phenoxy) is 1. The van der Waals surface area contributed by atoms with Crippen molar-refractivity contribution < 1.29 is 19.4 Å². The number of aliphatic hydroxyl groups excluding tert-OH is 1. The summed E-state index contributed by atoms with van der Waals surface area (Å²) < 4.78 is 5.82. The zero-order chi connectivity index (χ0) is 34.1. The molecule has 0 rings (SSSR count). The summed E-state index contributed by atoms with van der Waals surface area (Å²) in [7, 11) is 0. The average molecular weight is 651 g/mol. The number of rotatable bonds is 35. The maximum absolute atomic E-state index is 12.6. The molecule has 272 valence electrons. The molecule has 0 saturated heterocycles. The Bertz CT molecular complexity index is 706. The second kappa shape index (κ2) is 33.7. The van der Waals surface area contributed by atoms with E-state index in [9.17, 15) is 14.7 Å². The minimum atomic E-state index is -0.0266. The fraction of sp³-hybridized carbons (Fsp3) is 0.900. The number of ketones is 1. The Balaban J connectivity index is 4.45. The number of carbonyl (C=O) groups excluding carboxylic acids is 2. The van der Waals surface area contributed by atoms with Gasteiger partial charge in [-0.25, -0.2) is 0 Å². The number of hydrogen-bond donors (Lipinski definition) is 1. The zero-order valence-electron chi connectivity index (χ0n) is 31.4. The first-order chi connectivity index (χ1) is 22.3. The van der Waals surface area contributed by atoms with E-state index >= 15 is 0 Å². The molecule has 0 aromatic rings. The maximum atomic E-state index is 12.6. The number of unbranched alkanes of at least 4 members (excludes halogenated alkanes) is 14. The number of allylic oxidation sites excluding steroid dienone is 1. The number of aliphatic hydroxyl groups is 1. The van der Waals surface area contributed by atoms with Crippen molar-refractivity contribution >= 4 is 11.8 Å². The lowest BCUT2D eigenvalue weighted by Gasteiger charge is -2.27. The van der Waals surface area contributed by atoms with Crippen LogP contribution in [0.25, 0.3) is 0 Å². The molecular weight excluding hydrogens is 572 g/mol. The highest BCUT2D eigenvalue weighted by atomic mass is 16.5. The standard InChI is InChI=1S/C40H78N2O4/c1-6-8-10-12-14-19-25-39(26-20-15-13-11-9-7-2)36-46-40(45)27-21-17-23-30-42(34-35-43)33-32-41(31-28-37(3)4)29-22-16-18-24-38(5)44/h28,39,43H,6-27,29-36H2,1-5H3. The topological polar surface area (TPSA) is 70.1 Å². The summed E-state index contributed by atoms with van der Waals surface area (Å²) in [5.74, 6) is 0.774. The van der Waals surface area contributed by atoms with E-state index in [0.717, 1.165) is 71.2 Å². The summed E-state index contributed by atoms with van der Waals surface area (Å²) in [6, 6.07) is 0. The van der Waals surface area contributed by atoms with Crippen LogP contribution in [0.15, 0.2) is 11.6 Å². The third-order valence-corrected chi connectivity index (χ3v) is 9.18. The molecule has 0 amide bonds. The first-order valence-electron chi connectivity index (χ1n) is 19.7. The van der Waals surface area contributed by atoms with E-state index < -0.39 is 0 Å². The van der Waals surface area contributed by atoms with Gasteiger partial charge in [0.05, 0.1) is 13.2 Å². The van der Waals surface area contributed by atoms with Gasteiger partial charge in [0.15, 0.2) is 0 Å². The van der Waals surface area contributed by atoms with Crippen LogP contribution in [0.1, 0.15) is 176 Å². The molecule has 6 nitrogen and oxygen atoms in total. The molecule has 0 radical (unpaired) electrons. The van der Waals surface area contributed by atoms with Crippen molar-refractivity contribution in [3.63, 3.8) is 0 Å². The molecular formula is C40H78N2O4. The molecule has 6 heteroatoms. The summed E-state index contributed by atoms with van der Waals surface area (Å²) in [6.45, 7) is 16.8. The molecule has 0 saturated carbocycles. The molecule has 0 spiro atoms. The molecule has 0 aliphatic heterocycles. The van der Waals surface area contributed by atoms with E-state index in [0.29, 0.717) is 31.9 Å². The van der Waals surface area contributed by atoms with E-state index in [4.69, 9.17) is 4.74 Å². The van der Waals surface area contributed by atoms with Crippen LogP contribution < -0.4 is 0 Å². The number of Topliss-reactive ketones (excluding diaryl/α,β-unsaturated/α-hetero) is 1. The molecule has 0 aromatic heterocycles. The second-order valence-electron chi connectivity index (χ2n) is 14.1. The predicted octanol–water partition coefficient (Wildman–Crippen LogP) is 9.92. The highest BCUT2D eigenvalue weighted by Gasteiger charge is 2.13. The highest BCUT2D eigenvalue weighted by Crippen LogP contribution is 2.20. The Hall–Kier alpha value is -1.24. The van der Waals surface area contributed by atoms with Crippen LogP contribution in [-0.4, -0.2) is 79.1 Å². The molecule has 0 atom stereocenters. The van der Waals surface area contributed by atoms with Gasteiger partial charge in [0, 0.05) is 39.0 Å². The lowest BCUT2D eigenvalue weighted by Crippen LogP contribution is -2.37. The van der Waals surface area contributed by atoms with Crippen LogP contribution in [0, 0.1) is 5.92 Å². The van der Waals surface area contributed by atoms with Crippen LogP contribution in [0.5, 0.6) is 0 Å². The minimum Gasteiger partial charge on any atom is -0.465 e. The molecule has 0 aliphatic carbocycles. The van der Waals surface area contributed by atoms with Crippen LogP contribution in [0.4, 0.5) is 0 Å². The van der Waals surface area contributed by atoms with Crippen LogP contribution in [-0.2, 0) is 14.3 Å². The van der Waals surface area contributed by atoms with Crippen LogP contribution >= 0.6 is 0 Å². The summed E-state index contributed by atoms with van der Waals surface area (Å²) >= 11 is 0. The Morgan fingerprint density at radius 2 is 1.11 bits per heavy atom. The minimum absolute atomic E-state index is 0.0266. The predicted molar refractivity (Wildman–Crippen MR) is 197 cm³/mol. The second-order valence-corrected chi connectivity index (χ2v) is 14.1. The van der Waals surface area contributed by atoms with Gasteiger partial charge in [-0.1, -0.05) is 115 Å². The van der Waals surface area contributed by atoms with Gasteiger partial charge in [-0.15, -0.1) is 0 Å². The number of hydrogen-bond acceptors (Lipinski definition) is 6. The van der Waals surface area contributed by atoms with E-state index in [1.54, 1.807) is 6.92 Å². The molecule has 46 heavy (non-hydrogen) atoms. The third kappa shape index (κ3) is 31.4. The first-order valence-corrected chi connectivity index (χ1v) is 19.7. The summed E-state index contributed by atoms with van der Waals surface area (Å²) in [5.41, 5.74) is 1.33. The fourth-order valence-corrected chi connectivity index (χ4v) is 6.05. The molecule has 1 N–H and O–H groups in total. The zero-order valence-corrected chi connectivity index (χ0v) is 31.4. The maximum Gasteiger partial charge on any atom is 0.305 e. The van der Waals surface area contributed by atoms with Crippen molar-refractivity contribution in [2.75, 3.05) is 52.5 Å². The highest BCUT2D eigenvalue weighted by molar-refractivity contribution is 5.75. The number of carbonyl (C=O) groups is 2. The quantitative estimate of drug-likeness (QED) is 0.0418. The summed E-state index contributed by atoms with van der Waals surface area (Å²) in [4.78, 5) is 28.7. The van der Waals surface area contributed by atoms with Crippen molar-refractivity contribution in [3.05, 3.63) is 11.6 Å². The SMILES string of the molecule is CCCCCCCCC(CCCCCCCC)COC(=O)CCCCCN(CCO)CCN(CC=C(C)C)CCCCCC(C)=O. The molecule has 0 heterocycles. The van der Waals surface area contributed by atoms with Gasteiger partial charge in [0.25, 0.3) is 0 Å². The van der Waals surface area contributed by atoms with E-state index in [1.165, 1.54) is 95.5 Å².